The summed E-state index contributed by atoms with van der Waals surface area (Å²) in [4.78, 5) is 27.3. The lowest BCUT2D eigenvalue weighted by Crippen LogP contribution is -2.42. The summed E-state index contributed by atoms with van der Waals surface area (Å²) < 4.78 is 11.3. The van der Waals surface area contributed by atoms with Crippen molar-refractivity contribution >= 4 is 12.2 Å². The van der Waals surface area contributed by atoms with Gasteiger partial charge in [-0.2, -0.15) is 0 Å². The molecule has 172 valence electrons. The summed E-state index contributed by atoms with van der Waals surface area (Å²) in [6, 6.07) is 5.47. The molecule has 0 spiro atoms. The first-order valence-electron chi connectivity index (χ1n) is 12.1. The van der Waals surface area contributed by atoms with Gasteiger partial charge < -0.3 is 24.5 Å². The maximum Gasteiger partial charge on any atom is 0.220 e. The van der Waals surface area contributed by atoms with Crippen LogP contribution in [0.15, 0.2) is 18.2 Å². The molecule has 2 unspecified atom stereocenters. The second-order valence-corrected chi connectivity index (χ2v) is 8.74. The molecule has 1 fully saturated rings. The lowest BCUT2D eigenvalue weighted by atomic mass is 9.90. The zero-order chi connectivity index (χ0) is 21.9. The molecule has 2 heterocycles. The second kappa shape index (κ2) is 12.7. The molecule has 0 bridgehead atoms. The van der Waals surface area contributed by atoms with Crippen molar-refractivity contribution in [2.45, 2.75) is 76.7 Å². The minimum atomic E-state index is -0.400. The zero-order valence-electron chi connectivity index (χ0n) is 18.9. The Hall–Kier alpha value is -2.08. The predicted molar refractivity (Wildman–Crippen MR) is 122 cm³/mol. The van der Waals surface area contributed by atoms with Crippen LogP contribution >= 0.6 is 0 Å². The van der Waals surface area contributed by atoms with Crippen molar-refractivity contribution in [1.29, 1.82) is 0 Å². The molecule has 1 N–H and O–H groups in total. The first kappa shape index (κ1) is 23.6. The molecule has 2 aliphatic rings. The summed E-state index contributed by atoms with van der Waals surface area (Å²) in [6.45, 7) is 6.35. The van der Waals surface area contributed by atoms with Crippen molar-refractivity contribution in [1.82, 2.24) is 10.2 Å². The Labute approximate surface area is 186 Å². The minimum Gasteiger partial charge on any atom is -0.486 e. The van der Waals surface area contributed by atoms with Gasteiger partial charge in [-0.1, -0.05) is 38.7 Å². The van der Waals surface area contributed by atoms with E-state index in [0.717, 1.165) is 50.7 Å². The second-order valence-electron chi connectivity index (χ2n) is 8.74. The van der Waals surface area contributed by atoms with Crippen LogP contribution in [0.2, 0.25) is 0 Å². The Morgan fingerprint density at radius 2 is 1.84 bits per heavy atom. The van der Waals surface area contributed by atoms with E-state index in [4.69, 9.17) is 9.47 Å². The number of ether oxygens (including phenoxy) is 2. The molecule has 6 heteroatoms. The number of nitrogens with zero attached hydrogens (tertiary/aromatic N) is 1. The molecule has 1 aromatic carbocycles. The number of benzene rings is 1. The summed E-state index contributed by atoms with van der Waals surface area (Å²) in [5.41, 5.74) is 0.869. The zero-order valence-corrected chi connectivity index (χ0v) is 18.9. The van der Waals surface area contributed by atoms with Gasteiger partial charge in [0.1, 0.15) is 19.5 Å². The first-order valence-corrected chi connectivity index (χ1v) is 12.1. The highest BCUT2D eigenvalue weighted by Gasteiger charge is 2.27. The van der Waals surface area contributed by atoms with Crippen LogP contribution in [0.5, 0.6) is 11.5 Å². The smallest absolute Gasteiger partial charge is 0.220 e. The molecule has 31 heavy (non-hydrogen) atoms. The fourth-order valence-electron chi connectivity index (χ4n) is 4.51. The normalized spacial score (nSPS) is 17.8. The van der Waals surface area contributed by atoms with E-state index >= 15 is 0 Å². The Morgan fingerprint density at radius 1 is 1.10 bits per heavy atom. The molecule has 2 aliphatic heterocycles. The number of aldehydes is 1. The molecule has 1 amide bonds. The van der Waals surface area contributed by atoms with E-state index in [0.29, 0.717) is 31.1 Å². The minimum absolute atomic E-state index is 0.0484. The summed E-state index contributed by atoms with van der Waals surface area (Å²) in [5, 5.41) is 3.19. The molecule has 1 aromatic rings. The molecule has 2 atom stereocenters. The number of nitrogens with one attached hydrogen (secondary N) is 1. The third kappa shape index (κ3) is 7.23. The Morgan fingerprint density at radius 3 is 2.58 bits per heavy atom. The molecule has 1 saturated heterocycles. The fraction of sp³-hybridized carbons (Fsp3) is 0.680. The number of carbonyl (C=O) groups is 2. The van der Waals surface area contributed by atoms with Crippen LogP contribution in [0.1, 0.15) is 76.2 Å². The van der Waals surface area contributed by atoms with Gasteiger partial charge in [-0.25, -0.2) is 0 Å². The number of rotatable bonds is 13. The molecule has 0 saturated carbocycles. The van der Waals surface area contributed by atoms with Crippen molar-refractivity contribution in [3.63, 3.8) is 0 Å². The number of unbranched alkanes of at least 4 members (excludes halogenated alkanes) is 4. The van der Waals surface area contributed by atoms with Crippen LogP contribution in [-0.2, 0) is 9.59 Å². The Bertz CT molecular complexity index is 703. The number of hydrogen-bond acceptors (Lipinski definition) is 5. The first-order chi connectivity index (χ1) is 15.2. The summed E-state index contributed by atoms with van der Waals surface area (Å²) >= 11 is 0. The van der Waals surface area contributed by atoms with E-state index in [9.17, 15) is 9.59 Å². The lowest BCUT2D eigenvalue weighted by molar-refractivity contribution is -0.122. The van der Waals surface area contributed by atoms with E-state index in [1.54, 1.807) is 0 Å². The van der Waals surface area contributed by atoms with Crippen LogP contribution < -0.4 is 14.8 Å². The van der Waals surface area contributed by atoms with Crippen LogP contribution in [0.3, 0.4) is 0 Å². The van der Waals surface area contributed by atoms with Crippen molar-refractivity contribution in [3.05, 3.63) is 23.8 Å². The van der Waals surface area contributed by atoms with Gasteiger partial charge in [0.25, 0.3) is 0 Å². The Kier molecular flexibility index (Phi) is 9.66. The molecule has 6 nitrogen and oxygen atoms in total. The highest BCUT2D eigenvalue weighted by atomic mass is 16.6. The SMILES string of the molecule is CCCCCCCC(=O)NC(CCN1CCCC1)C(C=O)c1ccc2c(c1)OCCO2. The largest absolute Gasteiger partial charge is 0.486 e. The molecule has 0 aromatic heterocycles. The average Bonchev–Trinajstić information content (AvgIpc) is 3.31. The van der Waals surface area contributed by atoms with Crippen molar-refractivity contribution in [2.75, 3.05) is 32.8 Å². The highest BCUT2D eigenvalue weighted by molar-refractivity contribution is 5.77. The predicted octanol–water partition coefficient (Wildman–Crippen LogP) is 4.07. The number of amides is 1. The van der Waals surface area contributed by atoms with Crippen LogP contribution in [0.25, 0.3) is 0 Å². The van der Waals surface area contributed by atoms with Crippen molar-refractivity contribution in [3.8, 4) is 11.5 Å². The van der Waals surface area contributed by atoms with E-state index in [-0.39, 0.29) is 11.9 Å². The summed E-state index contributed by atoms with van der Waals surface area (Å²) in [7, 11) is 0. The maximum atomic E-state index is 12.7. The van der Waals surface area contributed by atoms with Gasteiger partial charge in [0.05, 0.1) is 5.92 Å². The number of likely N-dealkylation sites (tertiary alicyclic amines) is 1. The fourth-order valence-corrected chi connectivity index (χ4v) is 4.51. The average molecular weight is 431 g/mol. The summed E-state index contributed by atoms with van der Waals surface area (Å²) in [6.07, 6.45) is 10.3. The Balaban J connectivity index is 1.65. The van der Waals surface area contributed by atoms with Crippen LogP contribution in [0.4, 0.5) is 0 Å². The maximum absolute atomic E-state index is 12.7. The third-order valence-electron chi connectivity index (χ3n) is 6.34. The van der Waals surface area contributed by atoms with Gasteiger partial charge in [0, 0.05) is 19.0 Å². The van der Waals surface area contributed by atoms with E-state index in [1.165, 1.54) is 32.1 Å². The van der Waals surface area contributed by atoms with E-state index < -0.39 is 5.92 Å². The molecular weight excluding hydrogens is 392 g/mol. The standard InChI is InChI=1S/C25H38N2O4/c1-2-3-4-5-6-9-25(29)26-22(12-15-27-13-7-8-14-27)21(19-28)20-10-11-23-24(18-20)31-17-16-30-23/h10-11,18-19,21-22H,2-9,12-17H2,1H3,(H,26,29). The molecule has 3 rings (SSSR count). The van der Waals surface area contributed by atoms with Crippen molar-refractivity contribution < 1.29 is 19.1 Å². The highest BCUT2D eigenvalue weighted by Crippen LogP contribution is 2.34. The van der Waals surface area contributed by atoms with Gasteiger partial charge in [-0.3, -0.25) is 4.79 Å². The van der Waals surface area contributed by atoms with Gasteiger partial charge in [-0.15, -0.1) is 0 Å². The van der Waals surface area contributed by atoms with Gasteiger partial charge in [0.15, 0.2) is 11.5 Å². The van der Waals surface area contributed by atoms with Crippen LogP contribution in [0, 0.1) is 0 Å². The van der Waals surface area contributed by atoms with Gasteiger partial charge >= 0.3 is 0 Å². The van der Waals surface area contributed by atoms with Crippen LogP contribution in [-0.4, -0.2) is 56.0 Å². The lowest BCUT2D eigenvalue weighted by Gasteiger charge is -2.28. The monoisotopic (exact) mass is 430 g/mol. The molecule has 0 aliphatic carbocycles. The third-order valence-corrected chi connectivity index (χ3v) is 6.34. The van der Waals surface area contributed by atoms with E-state index in [1.807, 2.05) is 18.2 Å². The molecular formula is C25H38N2O4. The van der Waals surface area contributed by atoms with Gasteiger partial charge in [-0.05, 0) is 56.5 Å². The van der Waals surface area contributed by atoms with Gasteiger partial charge in [0.2, 0.25) is 5.91 Å². The molecule has 0 radical (unpaired) electrons. The number of fused-ring (bicyclic) bond motifs is 1. The topological polar surface area (TPSA) is 67.9 Å². The van der Waals surface area contributed by atoms with Crippen molar-refractivity contribution in [2.24, 2.45) is 0 Å². The quantitative estimate of drug-likeness (QED) is 0.377. The number of carbonyl (C=O) groups excluding carboxylic acids is 2. The summed E-state index contributed by atoms with van der Waals surface area (Å²) in [5.74, 6) is 1.04. The number of hydrogen-bond donors (Lipinski definition) is 1. The van der Waals surface area contributed by atoms with E-state index in [2.05, 4.69) is 17.1 Å².